The molecular weight excluding hydrogens is 218 g/mol. The molecule has 1 unspecified atom stereocenters. The Morgan fingerprint density at radius 3 is 3.00 bits per heavy atom. The highest BCUT2D eigenvalue weighted by molar-refractivity contribution is 5.94. The molecule has 0 saturated heterocycles. The van der Waals surface area contributed by atoms with Crippen molar-refractivity contribution in [3.05, 3.63) is 24.0 Å². The summed E-state index contributed by atoms with van der Waals surface area (Å²) in [5.41, 5.74) is 0.331. The number of hydrogen-bond acceptors (Lipinski definition) is 4. The number of nitrogens with zero attached hydrogens (tertiary/aromatic N) is 1. The first-order valence-corrected chi connectivity index (χ1v) is 5.72. The Morgan fingerprint density at radius 2 is 2.35 bits per heavy atom. The van der Waals surface area contributed by atoms with Crippen LogP contribution in [-0.2, 0) is 0 Å². The van der Waals surface area contributed by atoms with Crippen LogP contribution in [-0.4, -0.2) is 37.1 Å². The third-order valence-electron chi connectivity index (χ3n) is 2.35. The number of carbonyl (C=O) groups is 1. The molecule has 1 atom stereocenters. The molecule has 17 heavy (non-hydrogen) atoms. The zero-order valence-corrected chi connectivity index (χ0v) is 10.5. The lowest BCUT2D eigenvalue weighted by molar-refractivity contribution is 0.0941. The predicted octanol–water partition coefficient (Wildman–Crippen LogP) is 0.818. The average Bonchev–Trinajstić information content (AvgIpc) is 2.36. The highest BCUT2D eigenvalue weighted by Crippen LogP contribution is 2.14. The van der Waals surface area contributed by atoms with Crippen LogP contribution < -0.4 is 15.4 Å². The normalized spacial score (nSPS) is 11.9. The molecule has 5 nitrogen and oxygen atoms in total. The standard InChI is InChI=1S/C12H19N3O2/c1-4-17-10-6-5-7-14-11(10)12(16)15-8-9(2)13-3/h5-7,9,13H,4,8H2,1-3H3,(H,15,16). The zero-order valence-electron chi connectivity index (χ0n) is 10.5. The van der Waals surface area contributed by atoms with E-state index in [9.17, 15) is 4.79 Å². The van der Waals surface area contributed by atoms with Crippen molar-refractivity contribution in [2.24, 2.45) is 0 Å². The quantitative estimate of drug-likeness (QED) is 0.769. The minimum Gasteiger partial charge on any atom is -0.491 e. The molecule has 0 aromatic carbocycles. The van der Waals surface area contributed by atoms with E-state index in [-0.39, 0.29) is 11.9 Å². The van der Waals surface area contributed by atoms with E-state index in [4.69, 9.17) is 4.74 Å². The summed E-state index contributed by atoms with van der Waals surface area (Å²) >= 11 is 0. The zero-order chi connectivity index (χ0) is 12.7. The van der Waals surface area contributed by atoms with Gasteiger partial charge in [-0.1, -0.05) is 0 Å². The molecule has 1 rings (SSSR count). The molecule has 0 fully saturated rings. The molecule has 94 valence electrons. The molecule has 0 aliphatic carbocycles. The van der Waals surface area contributed by atoms with Crippen molar-refractivity contribution in [1.82, 2.24) is 15.6 Å². The van der Waals surface area contributed by atoms with Crippen molar-refractivity contribution >= 4 is 5.91 Å². The summed E-state index contributed by atoms with van der Waals surface area (Å²) in [6.45, 7) is 4.93. The number of hydrogen-bond donors (Lipinski definition) is 2. The summed E-state index contributed by atoms with van der Waals surface area (Å²) in [5.74, 6) is 0.306. The van der Waals surface area contributed by atoms with Crippen LogP contribution in [0.1, 0.15) is 24.3 Å². The summed E-state index contributed by atoms with van der Waals surface area (Å²) < 4.78 is 5.35. The molecule has 5 heteroatoms. The van der Waals surface area contributed by atoms with Crippen LogP contribution in [0.15, 0.2) is 18.3 Å². The number of rotatable bonds is 6. The van der Waals surface area contributed by atoms with Crippen molar-refractivity contribution < 1.29 is 9.53 Å². The maximum atomic E-state index is 11.9. The van der Waals surface area contributed by atoms with Crippen molar-refractivity contribution in [2.45, 2.75) is 19.9 Å². The van der Waals surface area contributed by atoms with Gasteiger partial charge < -0.3 is 15.4 Å². The van der Waals surface area contributed by atoms with Crippen molar-refractivity contribution in [3.8, 4) is 5.75 Å². The fraction of sp³-hybridized carbons (Fsp3) is 0.500. The van der Waals surface area contributed by atoms with Gasteiger partial charge in [-0.2, -0.15) is 0 Å². The lowest BCUT2D eigenvalue weighted by Gasteiger charge is -2.12. The highest BCUT2D eigenvalue weighted by atomic mass is 16.5. The second kappa shape index (κ2) is 6.85. The molecule has 1 amide bonds. The number of pyridine rings is 1. The third-order valence-corrected chi connectivity index (χ3v) is 2.35. The van der Waals surface area contributed by atoms with E-state index in [1.165, 1.54) is 0 Å². The van der Waals surface area contributed by atoms with E-state index in [1.807, 2.05) is 20.9 Å². The molecule has 0 spiro atoms. The number of nitrogens with one attached hydrogen (secondary N) is 2. The van der Waals surface area contributed by atoms with E-state index >= 15 is 0 Å². The Balaban J connectivity index is 2.67. The molecule has 1 aromatic rings. The Bertz CT molecular complexity index is 369. The first kappa shape index (κ1) is 13.4. The monoisotopic (exact) mass is 237 g/mol. The summed E-state index contributed by atoms with van der Waals surface area (Å²) in [4.78, 5) is 15.9. The summed E-state index contributed by atoms with van der Waals surface area (Å²) in [6, 6.07) is 3.71. The predicted molar refractivity (Wildman–Crippen MR) is 66.3 cm³/mol. The minimum absolute atomic E-state index is 0.212. The van der Waals surface area contributed by atoms with E-state index < -0.39 is 0 Å². The van der Waals surface area contributed by atoms with Crippen LogP contribution in [0.3, 0.4) is 0 Å². The van der Waals surface area contributed by atoms with Gasteiger partial charge in [0.1, 0.15) is 0 Å². The van der Waals surface area contributed by atoms with Gasteiger partial charge in [0, 0.05) is 18.8 Å². The number of aromatic nitrogens is 1. The second-order valence-electron chi connectivity index (χ2n) is 3.68. The van der Waals surface area contributed by atoms with Gasteiger partial charge in [0.05, 0.1) is 6.61 Å². The lowest BCUT2D eigenvalue weighted by Crippen LogP contribution is -2.37. The maximum absolute atomic E-state index is 11.9. The number of amides is 1. The largest absolute Gasteiger partial charge is 0.491 e. The molecule has 0 bridgehead atoms. The van der Waals surface area contributed by atoms with Crippen molar-refractivity contribution in [3.63, 3.8) is 0 Å². The van der Waals surface area contributed by atoms with Gasteiger partial charge in [0.15, 0.2) is 11.4 Å². The summed E-state index contributed by atoms with van der Waals surface area (Å²) in [6.07, 6.45) is 1.58. The second-order valence-corrected chi connectivity index (χ2v) is 3.68. The Morgan fingerprint density at radius 1 is 1.59 bits per heavy atom. The molecule has 0 saturated carbocycles. The number of carbonyl (C=O) groups excluding carboxylic acids is 1. The maximum Gasteiger partial charge on any atom is 0.273 e. The van der Waals surface area contributed by atoms with E-state index in [0.29, 0.717) is 24.6 Å². The van der Waals surface area contributed by atoms with Gasteiger partial charge in [-0.15, -0.1) is 0 Å². The first-order valence-electron chi connectivity index (χ1n) is 5.72. The molecule has 0 radical (unpaired) electrons. The average molecular weight is 237 g/mol. The molecule has 0 aliphatic rings. The van der Waals surface area contributed by atoms with Gasteiger partial charge in [-0.05, 0) is 33.0 Å². The summed E-state index contributed by atoms with van der Waals surface area (Å²) in [5, 5.41) is 5.85. The van der Waals surface area contributed by atoms with Crippen LogP contribution in [0, 0.1) is 0 Å². The van der Waals surface area contributed by atoms with Gasteiger partial charge in [0.25, 0.3) is 5.91 Å². The Hall–Kier alpha value is -1.62. The summed E-state index contributed by atoms with van der Waals surface area (Å²) in [7, 11) is 1.85. The third kappa shape index (κ3) is 4.03. The van der Waals surface area contributed by atoms with Crippen LogP contribution >= 0.6 is 0 Å². The first-order chi connectivity index (χ1) is 8.19. The van der Waals surface area contributed by atoms with Gasteiger partial charge in [-0.3, -0.25) is 4.79 Å². The molecule has 1 aromatic heterocycles. The van der Waals surface area contributed by atoms with Crippen LogP contribution in [0.2, 0.25) is 0 Å². The minimum atomic E-state index is -0.212. The van der Waals surface area contributed by atoms with Crippen molar-refractivity contribution in [2.75, 3.05) is 20.2 Å². The van der Waals surface area contributed by atoms with E-state index in [0.717, 1.165) is 0 Å². The molecular formula is C12H19N3O2. The smallest absolute Gasteiger partial charge is 0.273 e. The molecule has 0 aliphatic heterocycles. The fourth-order valence-corrected chi connectivity index (χ4v) is 1.26. The van der Waals surface area contributed by atoms with Crippen LogP contribution in [0.5, 0.6) is 5.75 Å². The SMILES string of the molecule is CCOc1cccnc1C(=O)NCC(C)NC. The Kier molecular flexibility index (Phi) is 5.42. The van der Waals surface area contributed by atoms with Gasteiger partial charge in [0.2, 0.25) is 0 Å². The molecule has 1 heterocycles. The lowest BCUT2D eigenvalue weighted by atomic mass is 10.3. The number of likely N-dealkylation sites (N-methyl/N-ethyl adjacent to an activating group) is 1. The van der Waals surface area contributed by atoms with E-state index in [2.05, 4.69) is 15.6 Å². The fourth-order valence-electron chi connectivity index (χ4n) is 1.26. The Labute approximate surface area is 102 Å². The van der Waals surface area contributed by atoms with Gasteiger partial charge in [-0.25, -0.2) is 4.98 Å². The van der Waals surface area contributed by atoms with Crippen molar-refractivity contribution in [1.29, 1.82) is 0 Å². The van der Waals surface area contributed by atoms with Crippen LogP contribution in [0.4, 0.5) is 0 Å². The van der Waals surface area contributed by atoms with Crippen LogP contribution in [0.25, 0.3) is 0 Å². The number of ether oxygens (including phenoxy) is 1. The van der Waals surface area contributed by atoms with E-state index in [1.54, 1.807) is 18.3 Å². The topological polar surface area (TPSA) is 63.2 Å². The molecule has 2 N–H and O–H groups in total. The highest BCUT2D eigenvalue weighted by Gasteiger charge is 2.13. The van der Waals surface area contributed by atoms with Gasteiger partial charge >= 0.3 is 0 Å².